The quantitative estimate of drug-likeness (QED) is 0.0566. The molecule has 0 unspecified atom stereocenters. The van der Waals surface area contributed by atoms with Gasteiger partial charge < -0.3 is 23.4 Å². The number of hydrogen-bond acceptors (Lipinski definition) is 8. The van der Waals surface area contributed by atoms with Crippen LogP contribution in [0.25, 0.3) is 0 Å². The lowest BCUT2D eigenvalue weighted by molar-refractivity contribution is -0.158. The van der Waals surface area contributed by atoms with Gasteiger partial charge in [-0.05, 0) is 127 Å². The number of rotatable bonds is 13. The van der Waals surface area contributed by atoms with Crippen molar-refractivity contribution in [1.82, 2.24) is 0 Å². The van der Waals surface area contributed by atoms with Crippen LogP contribution in [0.3, 0.4) is 0 Å². The van der Waals surface area contributed by atoms with Crippen LogP contribution in [0.15, 0.2) is 133 Å². The Balaban J connectivity index is 1.01. The maximum Gasteiger partial charge on any atom is 0.338 e. The van der Waals surface area contributed by atoms with Gasteiger partial charge in [-0.25, -0.2) is 9.59 Å². The second kappa shape index (κ2) is 18.8. The first-order valence-corrected chi connectivity index (χ1v) is 27.2. The Morgan fingerprint density at radius 2 is 1.31 bits per heavy atom. The predicted octanol–water partition coefficient (Wildman–Crippen LogP) is 11.3. The lowest BCUT2D eigenvalue weighted by Crippen LogP contribution is -2.67. The van der Waals surface area contributed by atoms with E-state index in [0.29, 0.717) is 41.7 Å². The van der Waals surface area contributed by atoms with Gasteiger partial charge in [0.15, 0.2) is 0 Å². The van der Waals surface area contributed by atoms with E-state index in [-0.39, 0.29) is 71.2 Å². The normalized spacial score (nSPS) is 31.7. The molecule has 12 atom stereocenters. The molecule has 0 radical (unpaired) electrons. The maximum absolute atomic E-state index is 14.2. The van der Waals surface area contributed by atoms with Crippen molar-refractivity contribution in [2.45, 2.75) is 142 Å². The minimum absolute atomic E-state index is 0.0318. The fraction of sp³-hybridized carbons (Fsp3) is 0.508. The fourth-order valence-electron chi connectivity index (χ4n) is 14.2. The molecule has 4 aliphatic carbocycles. The maximum atomic E-state index is 14.2. The van der Waals surface area contributed by atoms with Crippen molar-refractivity contribution >= 4 is 36.6 Å². The molecule has 8 nitrogen and oxygen atoms in total. The Kier molecular flexibility index (Phi) is 13.3. The van der Waals surface area contributed by atoms with E-state index in [1.165, 1.54) is 22.9 Å². The number of esters is 3. The summed E-state index contributed by atoms with van der Waals surface area (Å²) in [6.45, 7) is 17.7. The van der Waals surface area contributed by atoms with Crippen molar-refractivity contribution in [2.24, 2.45) is 40.4 Å². The molecule has 68 heavy (non-hydrogen) atoms. The van der Waals surface area contributed by atoms with Crippen molar-refractivity contribution in [3.8, 4) is 0 Å². The number of hydrogen-bond donors (Lipinski definition) is 0. The van der Waals surface area contributed by atoms with Crippen molar-refractivity contribution < 1.29 is 37.8 Å². The van der Waals surface area contributed by atoms with Crippen molar-refractivity contribution in [1.29, 1.82) is 0 Å². The molecule has 9 rings (SSSR count). The fourth-order valence-corrected chi connectivity index (χ4v) is 18.9. The molecular formula is C59H72O8Si. The van der Waals surface area contributed by atoms with Crippen LogP contribution in [0.4, 0.5) is 0 Å². The van der Waals surface area contributed by atoms with Gasteiger partial charge in [0.05, 0.1) is 29.9 Å². The minimum atomic E-state index is -2.99. The first kappa shape index (κ1) is 48.2. The Morgan fingerprint density at radius 3 is 1.88 bits per heavy atom. The molecule has 0 aromatic heterocycles. The molecule has 4 fully saturated rings. The van der Waals surface area contributed by atoms with Crippen LogP contribution in [-0.2, 0) is 28.2 Å². The first-order chi connectivity index (χ1) is 32.5. The number of ether oxygens (including phenoxy) is 4. The highest BCUT2D eigenvalue weighted by Crippen LogP contribution is 2.69. The summed E-state index contributed by atoms with van der Waals surface area (Å²) in [5, 5.41) is 2.07. The SMILES string of the molecule is CC(=O)O[C@H]1CC[C@@]2(C)[C@@H](CC[C@H]3C4=C[C@@H]5O[C@H](CC[C@@](C)(CO[Si](c6ccccc6)(c6ccccc6)C(C)(C)C)OC(=O)c6ccccc6)[C@@H](C)[C@@H]5[C@@]4(C)[C@H](OC(=O)c4ccccc4)C[C@@H]32)C1. The Labute approximate surface area is 405 Å². The van der Waals surface area contributed by atoms with E-state index in [1.807, 2.05) is 67.6 Å². The van der Waals surface area contributed by atoms with E-state index >= 15 is 0 Å². The van der Waals surface area contributed by atoms with Gasteiger partial charge >= 0.3 is 17.9 Å². The van der Waals surface area contributed by atoms with Crippen molar-refractivity contribution in [3.05, 3.63) is 144 Å². The largest absolute Gasteiger partial charge is 0.463 e. The molecule has 5 aliphatic rings. The summed E-state index contributed by atoms with van der Waals surface area (Å²) in [4.78, 5) is 40.3. The van der Waals surface area contributed by atoms with Gasteiger partial charge in [0.2, 0.25) is 0 Å². The van der Waals surface area contributed by atoms with Gasteiger partial charge in [-0.3, -0.25) is 4.79 Å². The highest BCUT2D eigenvalue weighted by Gasteiger charge is 2.67. The molecule has 9 heteroatoms. The second-order valence-corrected chi connectivity index (χ2v) is 26.9. The molecule has 1 aliphatic heterocycles. The Bertz CT molecular complexity index is 2410. The van der Waals surface area contributed by atoms with Crippen LogP contribution < -0.4 is 10.4 Å². The standard InChI is InChI=1S/C59H72O8Si/c1-39-50(32-33-57(6,67-55(62)42-23-15-10-16-24-42)38-63-68(56(3,4)5,45-25-17-11-18-26-45)46-27-19-12-20-28-46)65-51-36-49-47-30-29-43-35-44(64-40(2)60)31-34-58(43,7)48(47)37-52(59(49,8)53(39)51)66-54(61)41-21-13-9-14-22-41/h9-28,36,39,43-44,47-48,50-53H,29-35,37-38H2,1-8H3/t39-,43+,44+,47-,48+,50-,51+,52-,53+,57+,58+,59-/m1/s1. The zero-order valence-corrected chi connectivity index (χ0v) is 42.5. The van der Waals surface area contributed by atoms with E-state index in [9.17, 15) is 14.4 Å². The second-order valence-electron chi connectivity index (χ2n) is 22.6. The minimum Gasteiger partial charge on any atom is -0.463 e. The average Bonchev–Trinajstić information content (AvgIpc) is 3.82. The van der Waals surface area contributed by atoms with Crippen LogP contribution in [-0.4, -0.2) is 62.8 Å². The van der Waals surface area contributed by atoms with E-state index in [0.717, 1.165) is 38.5 Å². The third kappa shape index (κ3) is 8.74. The van der Waals surface area contributed by atoms with E-state index in [4.69, 9.17) is 23.4 Å². The summed E-state index contributed by atoms with van der Waals surface area (Å²) in [7, 11) is -2.99. The molecular weight excluding hydrogens is 865 g/mol. The number of carbonyl (C=O) groups excluding carboxylic acids is 3. The number of carbonyl (C=O) groups is 3. The van der Waals surface area contributed by atoms with Gasteiger partial charge in [0, 0.05) is 18.3 Å². The summed E-state index contributed by atoms with van der Waals surface area (Å²) in [5.74, 6) is 0.465. The molecule has 0 amide bonds. The molecule has 4 aromatic rings. The van der Waals surface area contributed by atoms with Crippen LogP contribution in [0.5, 0.6) is 0 Å². The molecule has 360 valence electrons. The zero-order chi connectivity index (χ0) is 48.1. The van der Waals surface area contributed by atoms with E-state index < -0.39 is 19.3 Å². The lowest BCUT2D eigenvalue weighted by Gasteiger charge is -2.61. The first-order valence-electron chi connectivity index (χ1n) is 25.3. The van der Waals surface area contributed by atoms with Crippen molar-refractivity contribution in [3.63, 3.8) is 0 Å². The van der Waals surface area contributed by atoms with E-state index in [1.54, 1.807) is 12.1 Å². The highest BCUT2D eigenvalue weighted by molar-refractivity contribution is 6.99. The number of benzene rings is 4. The third-order valence-electron chi connectivity index (χ3n) is 17.6. The topological polar surface area (TPSA) is 97.4 Å². The number of fused-ring (bicyclic) bond motifs is 7. The summed E-state index contributed by atoms with van der Waals surface area (Å²) >= 11 is 0. The predicted molar refractivity (Wildman–Crippen MR) is 268 cm³/mol. The third-order valence-corrected chi connectivity index (χ3v) is 22.6. The van der Waals surface area contributed by atoms with Gasteiger partial charge in [0.25, 0.3) is 8.32 Å². The van der Waals surface area contributed by atoms with Gasteiger partial charge in [-0.15, -0.1) is 0 Å². The van der Waals surface area contributed by atoms with Crippen LogP contribution in [0.2, 0.25) is 5.04 Å². The monoisotopic (exact) mass is 936 g/mol. The molecule has 0 spiro atoms. The molecule has 0 N–H and O–H groups in total. The van der Waals surface area contributed by atoms with Crippen molar-refractivity contribution in [2.75, 3.05) is 6.61 Å². The Hall–Kier alpha value is -4.83. The summed E-state index contributed by atoms with van der Waals surface area (Å²) < 4.78 is 34.0. The van der Waals surface area contributed by atoms with Crippen LogP contribution in [0, 0.1) is 40.4 Å². The Morgan fingerprint density at radius 1 is 0.735 bits per heavy atom. The zero-order valence-electron chi connectivity index (χ0n) is 41.5. The van der Waals surface area contributed by atoms with Gasteiger partial charge in [-0.2, -0.15) is 0 Å². The molecule has 3 saturated carbocycles. The van der Waals surface area contributed by atoms with Gasteiger partial charge in [-0.1, -0.05) is 150 Å². The smallest absolute Gasteiger partial charge is 0.338 e. The summed E-state index contributed by atoms with van der Waals surface area (Å²) in [5.41, 5.74) is 1.07. The van der Waals surface area contributed by atoms with Gasteiger partial charge in [0.1, 0.15) is 17.8 Å². The highest BCUT2D eigenvalue weighted by atomic mass is 28.4. The van der Waals surface area contributed by atoms with Crippen LogP contribution >= 0.6 is 0 Å². The molecule has 1 saturated heterocycles. The average molecular weight is 937 g/mol. The van der Waals surface area contributed by atoms with E-state index in [2.05, 4.69) is 96.1 Å². The molecule has 1 heterocycles. The summed E-state index contributed by atoms with van der Waals surface area (Å²) in [6.07, 6.45) is 8.63. The van der Waals surface area contributed by atoms with Crippen LogP contribution in [0.1, 0.15) is 127 Å². The summed E-state index contributed by atoms with van der Waals surface area (Å²) in [6, 6.07) is 39.8. The lowest BCUT2D eigenvalue weighted by atomic mass is 9.45. The molecule has 4 aromatic carbocycles. The molecule has 0 bridgehead atoms.